The number of ketones is 1. The van der Waals surface area contributed by atoms with Crippen LogP contribution < -0.4 is 9.80 Å². The van der Waals surface area contributed by atoms with Crippen LogP contribution in [0.25, 0.3) is 0 Å². The number of hydrogen-bond acceptors (Lipinski definition) is 10. The Morgan fingerprint density at radius 3 is 2.35 bits per heavy atom. The number of esters is 1. The number of thioether (sulfide) groups is 1. The first-order chi connectivity index (χ1) is 16.4. The van der Waals surface area contributed by atoms with E-state index in [2.05, 4.69) is 10.1 Å². The van der Waals surface area contributed by atoms with Crippen LogP contribution in [-0.4, -0.2) is 42.6 Å². The first kappa shape index (κ1) is 23.1. The second kappa shape index (κ2) is 9.80. The van der Waals surface area contributed by atoms with Crippen LogP contribution in [0.5, 0.6) is 0 Å². The van der Waals surface area contributed by atoms with E-state index in [1.807, 2.05) is 30.3 Å². The highest BCUT2D eigenvalue weighted by atomic mass is 32.2. The minimum Gasteiger partial charge on any atom is -0.454 e. The molecule has 0 aliphatic carbocycles. The van der Waals surface area contributed by atoms with E-state index < -0.39 is 18.4 Å². The van der Waals surface area contributed by atoms with Crippen LogP contribution in [0.4, 0.5) is 11.4 Å². The molecule has 4 rings (SSSR count). The number of anilines is 2. The van der Waals surface area contributed by atoms with Crippen LogP contribution in [0.15, 0.2) is 69.3 Å². The van der Waals surface area contributed by atoms with Gasteiger partial charge in [0, 0.05) is 19.0 Å². The average molecular weight is 476 g/mol. The van der Waals surface area contributed by atoms with E-state index in [-0.39, 0.29) is 5.57 Å². The Hall–Kier alpha value is -4.10. The normalized spacial score (nSPS) is 12.4. The molecule has 172 valence electrons. The van der Waals surface area contributed by atoms with Crippen LogP contribution in [0.1, 0.15) is 22.1 Å². The lowest BCUT2D eigenvalue weighted by atomic mass is 10.2. The Labute approximate surface area is 200 Å². The van der Waals surface area contributed by atoms with Gasteiger partial charge in [0.05, 0.1) is 22.7 Å². The number of nitriles is 1. The Morgan fingerprint density at radius 2 is 1.74 bits per heavy atom. The summed E-state index contributed by atoms with van der Waals surface area (Å²) >= 11 is 1.34. The van der Waals surface area contributed by atoms with Crippen molar-refractivity contribution < 1.29 is 18.8 Å². The number of aromatic nitrogens is 2. The molecule has 1 aromatic heterocycles. The van der Waals surface area contributed by atoms with E-state index in [1.165, 1.54) is 11.8 Å². The topological polar surface area (TPSA) is 113 Å². The minimum atomic E-state index is -0.656. The lowest BCUT2D eigenvalue weighted by Crippen LogP contribution is -2.27. The van der Waals surface area contributed by atoms with Gasteiger partial charge in [0.1, 0.15) is 17.5 Å². The molecule has 34 heavy (non-hydrogen) atoms. The molecule has 1 aliphatic rings. The lowest BCUT2D eigenvalue weighted by Gasteiger charge is -2.19. The highest BCUT2D eigenvalue weighted by Crippen LogP contribution is 2.40. The molecule has 0 N–H and O–H groups in total. The fourth-order valence-electron chi connectivity index (χ4n) is 3.64. The SMILES string of the molecule is Cc1noc(CSc2ccccc2C(=O)OCC(=O)C(C#N)=C2N(C)c3ccccc3N2C)n1. The quantitative estimate of drug-likeness (QED) is 0.217. The van der Waals surface area contributed by atoms with Gasteiger partial charge in [-0.2, -0.15) is 10.2 Å². The van der Waals surface area contributed by atoms with Gasteiger partial charge in [-0.15, -0.1) is 11.8 Å². The van der Waals surface area contributed by atoms with Gasteiger partial charge in [0.15, 0.2) is 12.4 Å². The number of carbonyl (C=O) groups excluding carboxylic acids is 2. The maximum Gasteiger partial charge on any atom is 0.339 e. The summed E-state index contributed by atoms with van der Waals surface area (Å²) in [5.74, 6) is 0.563. The van der Waals surface area contributed by atoms with Crippen molar-refractivity contribution >= 4 is 34.9 Å². The summed E-state index contributed by atoms with van der Waals surface area (Å²) in [7, 11) is 3.57. The van der Waals surface area contributed by atoms with Crippen molar-refractivity contribution in [3.8, 4) is 6.07 Å². The molecule has 2 aromatic carbocycles. The predicted octanol–water partition coefficient (Wildman–Crippen LogP) is 3.72. The number of hydrogen-bond donors (Lipinski definition) is 0. The summed E-state index contributed by atoms with van der Waals surface area (Å²) in [5.41, 5.74) is 1.98. The standard InChI is InChI=1S/C24H21N5O4S/c1-15-26-22(33-27-15)14-34-21-11-7-4-8-16(21)24(31)32-13-20(30)17(12-25)23-28(2)18-9-5-6-10-19(18)29(23)3/h4-11H,13-14H2,1-3H3. The van der Waals surface area contributed by atoms with E-state index in [0.717, 1.165) is 11.4 Å². The zero-order valence-corrected chi connectivity index (χ0v) is 19.6. The fraction of sp³-hybridized carbons (Fsp3) is 0.208. The number of carbonyl (C=O) groups is 2. The molecule has 3 aromatic rings. The number of Topliss-reactive ketones (excluding diaryl/α,β-unsaturated/α-hetero) is 1. The average Bonchev–Trinajstić information content (AvgIpc) is 3.38. The van der Waals surface area contributed by atoms with Crippen molar-refractivity contribution in [3.63, 3.8) is 0 Å². The first-order valence-corrected chi connectivity index (χ1v) is 11.3. The van der Waals surface area contributed by atoms with Gasteiger partial charge in [-0.1, -0.05) is 29.4 Å². The largest absolute Gasteiger partial charge is 0.454 e. The van der Waals surface area contributed by atoms with Crippen LogP contribution >= 0.6 is 11.8 Å². The number of nitrogens with zero attached hydrogens (tertiary/aromatic N) is 5. The van der Waals surface area contributed by atoms with E-state index in [9.17, 15) is 14.9 Å². The molecular weight excluding hydrogens is 454 g/mol. The van der Waals surface area contributed by atoms with Gasteiger partial charge >= 0.3 is 5.97 Å². The van der Waals surface area contributed by atoms with Crippen LogP contribution in [0.3, 0.4) is 0 Å². The number of rotatable bonds is 7. The van der Waals surface area contributed by atoms with Gasteiger partial charge in [-0.3, -0.25) is 4.79 Å². The summed E-state index contributed by atoms with van der Waals surface area (Å²) in [5, 5.41) is 13.5. The zero-order valence-electron chi connectivity index (χ0n) is 18.8. The molecule has 2 heterocycles. The highest BCUT2D eigenvalue weighted by molar-refractivity contribution is 7.98. The maximum atomic E-state index is 12.9. The third-order valence-electron chi connectivity index (χ3n) is 5.22. The van der Waals surface area contributed by atoms with Gasteiger partial charge in [0.2, 0.25) is 11.7 Å². The van der Waals surface area contributed by atoms with Gasteiger partial charge in [0.25, 0.3) is 0 Å². The molecule has 9 nitrogen and oxygen atoms in total. The first-order valence-electron chi connectivity index (χ1n) is 10.3. The fourth-order valence-corrected chi connectivity index (χ4v) is 4.52. The third-order valence-corrected chi connectivity index (χ3v) is 6.27. The van der Waals surface area contributed by atoms with Gasteiger partial charge in [-0.05, 0) is 31.2 Å². The van der Waals surface area contributed by atoms with Crippen LogP contribution in [0.2, 0.25) is 0 Å². The highest BCUT2D eigenvalue weighted by Gasteiger charge is 2.31. The lowest BCUT2D eigenvalue weighted by molar-refractivity contribution is -0.118. The molecule has 0 saturated carbocycles. The summed E-state index contributed by atoms with van der Waals surface area (Å²) in [6, 6.07) is 16.5. The van der Waals surface area contributed by atoms with Crippen molar-refractivity contribution in [1.29, 1.82) is 5.26 Å². The molecule has 10 heteroatoms. The summed E-state index contributed by atoms with van der Waals surface area (Å²) in [6.45, 7) is 1.18. The summed E-state index contributed by atoms with van der Waals surface area (Å²) < 4.78 is 10.4. The minimum absolute atomic E-state index is 0.0802. The molecule has 0 fully saturated rings. The van der Waals surface area contributed by atoms with E-state index in [0.29, 0.717) is 33.7 Å². The van der Waals surface area contributed by atoms with Gasteiger partial charge in [-0.25, -0.2) is 4.79 Å². The van der Waals surface area contributed by atoms with Gasteiger partial charge < -0.3 is 19.1 Å². The number of para-hydroxylation sites is 2. The predicted molar refractivity (Wildman–Crippen MR) is 126 cm³/mol. The zero-order chi connectivity index (χ0) is 24.2. The molecule has 0 radical (unpaired) electrons. The summed E-state index contributed by atoms with van der Waals surface area (Å²) in [6.07, 6.45) is 0. The second-order valence-electron chi connectivity index (χ2n) is 7.44. The van der Waals surface area contributed by atoms with Crippen LogP contribution in [0, 0.1) is 18.3 Å². The van der Waals surface area contributed by atoms with E-state index in [1.54, 1.807) is 55.1 Å². The molecule has 0 bridgehead atoms. The molecule has 0 atom stereocenters. The monoisotopic (exact) mass is 475 g/mol. The van der Waals surface area contributed by atoms with Crippen molar-refractivity contribution in [1.82, 2.24) is 10.1 Å². The molecule has 0 spiro atoms. The second-order valence-corrected chi connectivity index (χ2v) is 8.45. The van der Waals surface area contributed by atoms with Crippen molar-refractivity contribution in [2.45, 2.75) is 17.6 Å². The van der Waals surface area contributed by atoms with E-state index >= 15 is 0 Å². The van der Waals surface area contributed by atoms with E-state index in [4.69, 9.17) is 9.26 Å². The van der Waals surface area contributed by atoms with Crippen LogP contribution in [-0.2, 0) is 15.3 Å². The third kappa shape index (κ3) is 4.51. The molecular formula is C24H21N5O4S. The Morgan fingerprint density at radius 1 is 1.09 bits per heavy atom. The maximum absolute atomic E-state index is 12.9. The number of ether oxygens (including phenoxy) is 1. The molecule has 0 unspecified atom stereocenters. The summed E-state index contributed by atoms with van der Waals surface area (Å²) in [4.78, 5) is 34.0. The number of fused-ring (bicyclic) bond motifs is 1. The van der Waals surface area contributed by atoms with Crippen molar-refractivity contribution in [3.05, 3.63) is 77.2 Å². The number of aryl methyl sites for hydroxylation is 1. The molecule has 0 saturated heterocycles. The Bertz CT molecular complexity index is 1300. The molecule has 1 aliphatic heterocycles. The van der Waals surface area contributed by atoms with Crippen molar-refractivity contribution in [2.75, 3.05) is 30.5 Å². The number of benzene rings is 2. The smallest absolute Gasteiger partial charge is 0.339 e. The van der Waals surface area contributed by atoms with Crippen molar-refractivity contribution in [2.24, 2.45) is 0 Å². The Kier molecular flexibility index (Phi) is 6.65. The molecule has 0 amide bonds. The Balaban J connectivity index is 1.47.